The molecule has 0 atom stereocenters. The molecule has 0 spiro atoms. The maximum atomic E-state index is 6.27. The van der Waals surface area contributed by atoms with Crippen molar-refractivity contribution in [3.05, 3.63) is 152 Å². The first-order valence-corrected chi connectivity index (χ1v) is 16.2. The zero-order valence-corrected chi connectivity index (χ0v) is 25.4. The van der Waals surface area contributed by atoms with E-state index in [1.807, 2.05) is 35.6 Å². The van der Waals surface area contributed by atoms with Crippen molar-refractivity contribution in [2.24, 2.45) is 0 Å². The molecule has 0 saturated heterocycles. The number of furan rings is 2. The molecule has 0 aliphatic rings. The second kappa shape index (κ2) is 9.83. The molecule has 0 radical (unpaired) electrons. The fourth-order valence-electron chi connectivity index (χ4n) is 6.96. The van der Waals surface area contributed by atoms with E-state index >= 15 is 0 Å². The Hall–Kier alpha value is -5.84. The molecule has 3 nitrogen and oxygen atoms in total. The molecule has 0 amide bonds. The molecular weight excluding hydrogens is 583 g/mol. The summed E-state index contributed by atoms with van der Waals surface area (Å²) >= 11 is 1.85. The first kappa shape index (κ1) is 25.5. The zero-order valence-electron chi connectivity index (χ0n) is 24.6. The van der Waals surface area contributed by atoms with Gasteiger partial charge in [-0.1, -0.05) is 97.1 Å². The van der Waals surface area contributed by atoms with Gasteiger partial charge in [-0.25, -0.2) is 0 Å². The van der Waals surface area contributed by atoms with E-state index < -0.39 is 0 Å². The Balaban J connectivity index is 1.34. The van der Waals surface area contributed by atoms with E-state index in [1.165, 1.54) is 31.3 Å². The summed E-state index contributed by atoms with van der Waals surface area (Å²) in [7, 11) is 0. The molecule has 4 heteroatoms. The Morgan fingerprint density at radius 2 is 0.957 bits per heavy atom. The van der Waals surface area contributed by atoms with E-state index in [-0.39, 0.29) is 0 Å². The SMILES string of the molecule is c1ccc(-c2ccc3c(sc4ccccc43)c2N(c2ccc3oc4ccccc4c3c2)c2ccc3oc4ccccc4c3c2)cc1. The van der Waals surface area contributed by atoms with Crippen LogP contribution in [0.25, 0.3) is 75.2 Å². The largest absolute Gasteiger partial charge is 0.456 e. The van der Waals surface area contributed by atoms with Gasteiger partial charge in [-0.15, -0.1) is 11.3 Å². The lowest BCUT2D eigenvalue weighted by Gasteiger charge is -2.28. The molecule has 0 N–H and O–H groups in total. The third kappa shape index (κ3) is 3.77. The van der Waals surface area contributed by atoms with Crippen LogP contribution >= 0.6 is 11.3 Å². The van der Waals surface area contributed by atoms with Crippen molar-refractivity contribution in [3.63, 3.8) is 0 Å². The topological polar surface area (TPSA) is 29.5 Å². The van der Waals surface area contributed by atoms with Crippen molar-refractivity contribution in [1.29, 1.82) is 0 Å². The van der Waals surface area contributed by atoms with Gasteiger partial charge in [-0.3, -0.25) is 0 Å². The number of anilines is 3. The number of fused-ring (bicyclic) bond motifs is 9. The van der Waals surface area contributed by atoms with Gasteiger partial charge in [-0.05, 0) is 60.2 Å². The van der Waals surface area contributed by atoms with Gasteiger partial charge >= 0.3 is 0 Å². The van der Waals surface area contributed by atoms with Crippen LogP contribution in [-0.4, -0.2) is 0 Å². The Morgan fingerprint density at radius 1 is 0.413 bits per heavy atom. The highest BCUT2D eigenvalue weighted by molar-refractivity contribution is 7.26. The summed E-state index contributed by atoms with van der Waals surface area (Å²) in [4.78, 5) is 2.43. The molecule has 3 heterocycles. The fourth-order valence-corrected chi connectivity index (χ4v) is 8.20. The van der Waals surface area contributed by atoms with Gasteiger partial charge in [0.1, 0.15) is 22.3 Å². The highest BCUT2D eigenvalue weighted by Crippen LogP contribution is 2.50. The van der Waals surface area contributed by atoms with Crippen LogP contribution in [0, 0.1) is 0 Å². The Morgan fingerprint density at radius 3 is 1.61 bits per heavy atom. The number of nitrogens with zero attached hydrogens (tertiary/aromatic N) is 1. The minimum atomic E-state index is 0.879. The van der Waals surface area contributed by atoms with Crippen LogP contribution in [0.1, 0.15) is 0 Å². The second-order valence-electron chi connectivity index (χ2n) is 11.7. The quantitative estimate of drug-likeness (QED) is 0.199. The lowest BCUT2D eigenvalue weighted by atomic mass is 9.99. The van der Waals surface area contributed by atoms with E-state index in [9.17, 15) is 0 Å². The van der Waals surface area contributed by atoms with E-state index in [0.29, 0.717) is 0 Å². The first-order valence-electron chi connectivity index (χ1n) is 15.4. The summed E-state index contributed by atoms with van der Waals surface area (Å²) in [6, 6.07) is 53.7. The standard InChI is InChI=1S/C42H25NO2S/c1-2-10-26(11-3-1)29-20-21-33-32-14-6-9-17-40(32)46-42(33)41(29)43(27-18-22-38-34(24-27)30-12-4-7-15-36(30)44-38)28-19-23-39-35(25-28)31-13-5-8-16-37(31)45-39/h1-25H. The van der Waals surface area contributed by atoms with Gasteiger partial charge in [0, 0.05) is 54.0 Å². The molecule has 7 aromatic carbocycles. The number of rotatable bonds is 4. The van der Waals surface area contributed by atoms with Crippen LogP contribution in [-0.2, 0) is 0 Å². The molecule has 0 saturated carbocycles. The summed E-state index contributed by atoms with van der Waals surface area (Å²) in [5.74, 6) is 0. The molecule has 216 valence electrons. The second-order valence-corrected chi connectivity index (χ2v) is 12.7. The molecule has 0 fully saturated rings. The molecular formula is C42H25NO2S. The van der Waals surface area contributed by atoms with Gasteiger partial charge in [0.15, 0.2) is 0 Å². The lowest BCUT2D eigenvalue weighted by Crippen LogP contribution is -2.11. The van der Waals surface area contributed by atoms with Gasteiger partial charge in [0.2, 0.25) is 0 Å². The van der Waals surface area contributed by atoms with Crippen LogP contribution in [0.5, 0.6) is 0 Å². The number of thiophene rings is 1. The fraction of sp³-hybridized carbons (Fsp3) is 0. The predicted molar refractivity (Wildman–Crippen MR) is 194 cm³/mol. The molecule has 0 bridgehead atoms. The number of hydrogen-bond acceptors (Lipinski definition) is 4. The lowest BCUT2D eigenvalue weighted by molar-refractivity contribution is 0.668. The first-order chi connectivity index (χ1) is 22.8. The van der Waals surface area contributed by atoms with Crippen molar-refractivity contribution in [2.75, 3.05) is 4.90 Å². The van der Waals surface area contributed by atoms with Crippen molar-refractivity contribution < 1.29 is 8.83 Å². The van der Waals surface area contributed by atoms with Gasteiger partial charge in [-0.2, -0.15) is 0 Å². The minimum absolute atomic E-state index is 0.879. The highest BCUT2D eigenvalue weighted by Gasteiger charge is 2.24. The number of hydrogen-bond donors (Lipinski definition) is 0. The average molecular weight is 608 g/mol. The van der Waals surface area contributed by atoms with Crippen molar-refractivity contribution in [3.8, 4) is 11.1 Å². The van der Waals surface area contributed by atoms with Crippen molar-refractivity contribution in [2.45, 2.75) is 0 Å². The molecule has 46 heavy (non-hydrogen) atoms. The third-order valence-corrected chi connectivity index (χ3v) is 10.3. The zero-order chi connectivity index (χ0) is 30.2. The van der Waals surface area contributed by atoms with E-state index in [4.69, 9.17) is 8.83 Å². The maximum absolute atomic E-state index is 6.27. The molecule has 0 aliphatic carbocycles. The maximum Gasteiger partial charge on any atom is 0.135 e. The summed E-state index contributed by atoms with van der Waals surface area (Å²) in [6.07, 6.45) is 0. The smallest absolute Gasteiger partial charge is 0.135 e. The van der Waals surface area contributed by atoms with Crippen molar-refractivity contribution in [1.82, 2.24) is 0 Å². The van der Waals surface area contributed by atoms with Gasteiger partial charge < -0.3 is 13.7 Å². The van der Waals surface area contributed by atoms with Crippen LogP contribution in [0.4, 0.5) is 17.1 Å². The predicted octanol–water partition coefficient (Wildman–Crippen LogP) is 13.0. The summed E-state index contributed by atoms with van der Waals surface area (Å²) < 4.78 is 15.1. The van der Waals surface area contributed by atoms with E-state index in [2.05, 4.69) is 132 Å². The third-order valence-electron chi connectivity index (χ3n) is 9.07. The van der Waals surface area contributed by atoms with Crippen LogP contribution in [0.3, 0.4) is 0 Å². The monoisotopic (exact) mass is 607 g/mol. The molecule has 0 unspecified atom stereocenters. The van der Waals surface area contributed by atoms with Crippen LogP contribution in [0.15, 0.2) is 160 Å². The van der Waals surface area contributed by atoms with Crippen LogP contribution < -0.4 is 4.90 Å². The van der Waals surface area contributed by atoms with Gasteiger partial charge in [0.25, 0.3) is 0 Å². The summed E-state index contributed by atoms with van der Waals surface area (Å²) in [5, 5.41) is 6.94. The van der Waals surface area contributed by atoms with E-state index in [0.717, 1.165) is 60.9 Å². The minimum Gasteiger partial charge on any atom is -0.456 e. The average Bonchev–Trinajstić information content (AvgIpc) is 3.80. The number of benzene rings is 7. The Bertz CT molecular complexity index is 2650. The normalized spacial score (nSPS) is 11.9. The van der Waals surface area contributed by atoms with Gasteiger partial charge in [0.05, 0.1) is 10.4 Å². The molecule has 10 aromatic rings. The molecule has 10 rings (SSSR count). The number of para-hydroxylation sites is 2. The van der Waals surface area contributed by atoms with E-state index in [1.54, 1.807) is 0 Å². The highest BCUT2D eigenvalue weighted by atomic mass is 32.1. The Kier molecular flexibility index (Phi) is 5.45. The molecule has 3 aromatic heterocycles. The summed E-state index contributed by atoms with van der Waals surface area (Å²) in [6.45, 7) is 0. The molecule has 0 aliphatic heterocycles. The van der Waals surface area contributed by atoms with Crippen molar-refractivity contribution >= 4 is 92.4 Å². The van der Waals surface area contributed by atoms with Crippen LogP contribution in [0.2, 0.25) is 0 Å². The summed E-state index contributed by atoms with van der Waals surface area (Å²) in [5.41, 5.74) is 9.17. The Labute approximate surface area is 268 Å².